The van der Waals surface area contributed by atoms with Gasteiger partial charge in [0.2, 0.25) is 11.8 Å². The number of morpholine rings is 1. The van der Waals surface area contributed by atoms with Gasteiger partial charge in [0, 0.05) is 32.6 Å². The van der Waals surface area contributed by atoms with Gasteiger partial charge in [-0.05, 0) is 18.6 Å². The van der Waals surface area contributed by atoms with Gasteiger partial charge in [-0.3, -0.25) is 9.59 Å². The molecule has 2 aliphatic rings. The van der Waals surface area contributed by atoms with Crippen LogP contribution in [0.1, 0.15) is 26.2 Å². The fourth-order valence-electron chi connectivity index (χ4n) is 3.41. The Hall–Kier alpha value is -2.08. The quantitative estimate of drug-likeness (QED) is 0.799. The van der Waals surface area contributed by atoms with E-state index in [1.165, 1.54) is 0 Å². The monoisotopic (exact) mass is 345 g/mol. The number of carbonyl (C=O) groups excluding carboxylic acids is 2. The Labute approximate surface area is 149 Å². The summed E-state index contributed by atoms with van der Waals surface area (Å²) in [5.74, 6) is -0.244. The van der Waals surface area contributed by atoms with Crippen LogP contribution in [0.2, 0.25) is 0 Å². The number of unbranched alkanes of at least 4 members (excludes halogenated alkanes) is 1. The molecule has 2 amide bonds. The Morgan fingerprint density at radius 3 is 2.68 bits per heavy atom. The molecule has 2 fully saturated rings. The third-order valence-electron chi connectivity index (χ3n) is 4.85. The molecule has 0 saturated carbocycles. The molecule has 1 N–H and O–H groups in total. The number of amides is 2. The van der Waals surface area contributed by atoms with Gasteiger partial charge >= 0.3 is 0 Å². The van der Waals surface area contributed by atoms with Crippen LogP contribution < -0.4 is 15.1 Å². The van der Waals surface area contributed by atoms with Gasteiger partial charge in [0.25, 0.3) is 0 Å². The van der Waals surface area contributed by atoms with Gasteiger partial charge in [-0.2, -0.15) is 0 Å². The van der Waals surface area contributed by atoms with E-state index in [9.17, 15) is 9.59 Å². The lowest BCUT2D eigenvalue weighted by Crippen LogP contribution is -2.38. The number of anilines is 2. The van der Waals surface area contributed by atoms with Crippen molar-refractivity contribution in [2.24, 2.45) is 5.92 Å². The molecule has 136 valence electrons. The van der Waals surface area contributed by atoms with Crippen LogP contribution in [-0.4, -0.2) is 51.2 Å². The summed E-state index contributed by atoms with van der Waals surface area (Å²) in [4.78, 5) is 28.9. The number of ether oxygens (including phenoxy) is 1. The number of rotatable bonds is 6. The van der Waals surface area contributed by atoms with E-state index in [0.717, 1.165) is 37.3 Å². The molecule has 2 heterocycles. The molecular formula is C19H27N3O3. The van der Waals surface area contributed by atoms with Crippen LogP contribution in [0.15, 0.2) is 24.3 Å². The molecule has 1 atom stereocenters. The highest BCUT2D eigenvalue weighted by atomic mass is 16.5. The molecular weight excluding hydrogens is 318 g/mol. The minimum Gasteiger partial charge on any atom is -0.378 e. The average molecular weight is 345 g/mol. The second-order valence-electron chi connectivity index (χ2n) is 6.64. The number of nitrogens with one attached hydrogen (secondary N) is 1. The maximum atomic E-state index is 12.6. The Balaban J connectivity index is 1.71. The molecule has 3 rings (SSSR count). The lowest BCUT2D eigenvalue weighted by Gasteiger charge is -2.32. The van der Waals surface area contributed by atoms with E-state index in [1.807, 2.05) is 24.3 Å². The van der Waals surface area contributed by atoms with Crippen LogP contribution in [-0.2, 0) is 14.3 Å². The summed E-state index contributed by atoms with van der Waals surface area (Å²) in [7, 11) is 0. The lowest BCUT2D eigenvalue weighted by atomic mass is 10.1. The third-order valence-corrected chi connectivity index (χ3v) is 4.85. The molecule has 6 nitrogen and oxygen atoms in total. The summed E-state index contributed by atoms with van der Waals surface area (Å²) < 4.78 is 5.43. The van der Waals surface area contributed by atoms with Crippen LogP contribution >= 0.6 is 0 Å². The minimum absolute atomic E-state index is 0.00634. The van der Waals surface area contributed by atoms with Crippen molar-refractivity contribution < 1.29 is 14.3 Å². The molecule has 2 aliphatic heterocycles. The number of benzene rings is 1. The Morgan fingerprint density at radius 2 is 1.96 bits per heavy atom. The first-order chi connectivity index (χ1) is 12.2. The predicted molar refractivity (Wildman–Crippen MR) is 97.9 cm³/mol. The van der Waals surface area contributed by atoms with Crippen molar-refractivity contribution in [3.05, 3.63) is 24.3 Å². The van der Waals surface area contributed by atoms with Crippen molar-refractivity contribution in [1.29, 1.82) is 0 Å². The van der Waals surface area contributed by atoms with Crippen molar-refractivity contribution in [2.75, 3.05) is 49.2 Å². The topological polar surface area (TPSA) is 61.9 Å². The maximum absolute atomic E-state index is 12.6. The fraction of sp³-hybridized carbons (Fsp3) is 0.579. The van der Waals surface area contributed by atoms with E-state index in [4.69, 9.17) is 4.74 Å². The Morgan fingerprint density at radius 1 is 1.24 bits per heavy atom. The zero-order valence-electron chi connectivity index (χ0n) is 14.9. The van der Waals surface area contributed by atoms with Crippen LogP contribution in [0.25, 0.3) is 0 Å². The highest BCUT2D eigenvalue weighted by molar-refractivity contribution is 6.02. The molecule has 0 bridgehead atoms. The summed E-state index contributed by atoms with van der Waals surface area (Å²) in [5.41, 5.74) is 1.95. The predicted octanol–water partition coefficient (Wildman–Crippen LogP) is 1.79. The van der Waals surface area contributed by atoms with E-state index in [2.05, 4.69) is 17.1 Å². The van der Waals surface area contributed by atoms with Gasteiger partial charge in [0.15, 0.2) is 0 Å². The van der Waals surface area contributed by atoms with E-state index in [-0.39, 0.29) is 24.2 Å². The summed E-state index contributed by atoms with van der Waals surface area (Å²) in [6, 6.07) is 7.95. The summed E-state index contributed by atoms with van der Waals surface area (Å²) in [5, 5.41) is 2.95. The average Bonchev–Trinajstić information content (AvgIpc) is 3.04. The Kier molecular flexibility index (Phi) is 5.91. The first kappa shape index (κ1) is 17.7. The van der Waals surface area contributed by atoms with Crippen molar-refractivity contribution in [3.8, 4) is 0 Å². The van der Waals surface area contributed by atoms with Gasteiger partial charge < -0.3 is 19.9 Å². The molecule has 0 spiro atoms. The zero-order chi connectivity index (χ0) is 17.6. The second kappa shape index (κ2) is 8.34. The highest BCUT2D eigenvalue weighted by Gasteiger charge is 2.36. The molecule has 0 radical (unpaired) electrons. The molecule has 25 heavy (non-hydrogen) atoms. The standard InChI is InChI=1S/C19H27N3O3/c1-2-3-8-20-19(24)15-13-18(23)22(14-15)17-7-5-4-6-16(17)21-9-11-25-12-10-21/h4-7,15H,2-3,8-14H2,1H3,(H,20,24). The zero-order valence-corrected chi connectivity index (χ0v) is 14.9. The SMILES string of the molecule is CCCCNC(=O)C1CC(=O)N(c2ccccc2N2CCOCC2)C1. The summed E-state index contributed by atoms with van der Waals surface area (Å²) in [6.07, 6.45) is 2.30. The van der Waals surface area contributed by atoms with Crippen molar-refractivity contribution in [1.82, 2.24) is 5.32 Å². The van der Waals surface area contributed by atoms with E-state index >= 15 is 0 Å². The van der Waals surface area contributed by atoms with Crippen molar-refractivity contribution in [3.63, 3.8) is 0 Å². The van der Waals surface area contributed by atoms with Crippen LogP contribution in [0.4, 0.5) is 11.4 Å². The van der Waals surface area contributed by atoms with E-state index < -0.39 is 0 Å². The van der Waals surface area contributed by atoms with E-state index in [1.54, 1.807) is 4.90 Å². The van der Waals surface area contributed by atoms with Crippen LogP contribution in [0.3, 0.4) is 0 Å². The first-order valence-corrected chi connectivity index (χ1v) is 9.20. The number of nitrogens with zero attached hydrogens (tertiary/aromatic N) is 2. The fourth-order valence-corrected chi connectivity index (χ4v) is 3.41. The third kappa shape index (κ3) is 4.12. The molecule has 0 aliphatic carbocycles. The Bertz CT molecular complexity index is 614. The van der Waals surface area contributed by atoms with Gasteiger partial charge in [0.05, 0.1) is 30.5 Å². The van der Waals surface area contributed by atoms with Gasteiger partial charge in [-0.1, -0.05) is 25.5 Å². The smallest absolute Gasteiger partial charge is 0.227 e. The number of carbonyl (C=O) groups is 2. The van der Waals surface area contributed by atoms with Crippen molar-refractivity contribution >= 4 is 23.2 Å². The second-order valence-corrected chi connectivity index (χ2v) is 6.64. The molecule has 0 aromatic heterocycles. The minimum atomic E-state index is -0.262. The van der Waals surface area contributed by atoms with Crippen LogP contribution in [0, 0.1) is 5.92 Å². The van der Waals surface area contributed by atoms with Gasteiger partial charge in [0.1, 0.15) is 0 Å². The number of hydrogen-bond donors (Lipinski definition) is 1. The van der Waals surface area contributed by atoms with Crippen LogP contribution in [0.5, 0.6) is 0 Å². The van der Waals surface area contributed by atoms with Gasteiger partial charge in [-0.25, -0.2) is 0 Å². The summed E-state index contributed by atoms with van der Waals surface area (Å²) in [6.45, 7) is 6.27. The molecule has 6 heteroatoms. The van der Waals surface area contributed by atoms with E-state index in [0.29, 0.717) is 26.3 Å². The largest absolute Gasteiger partial charge is 0.378 e. The maximum Gasteiger partial charge on any atom is 0.227 e. The highest BCUT2D eigenvalue weighted by Crippen LogP contribution is 2.34. The molecule has 1 aromatic rings. The van der Waals surface area contributed by atoms with Crippen molar-refractivity contribution in [2.45, 2.75) is 26.2 Å². The summed E-state index contributed by atoms with van der Waals surface area (Å²) >= 11 is 0. The first-order valence-electron chi connectivity index (χ1n) is 9.20. The normalized spacial score (nSPS) is 20.8. The molecule has 1 aromatic carbocycles. The lowest BCUT2D eigenvalue weighted by molar-refractivity contribution is -0.126. The molecule has 2 saturated heterocycles. The number of hydrogen-bond acceptors (Lipinski definition) is 4. The van der Waals surface area contributed by atoms with Gasteiger partial charge in [-0.15, -0.1) is 0 Å². The number of para-hydroxylation sites is 2. The molecule has 1 unspecified atom stereocenters.